The summed E-state index contributed by atoms with van der Waals surface area (Å²) < 4.78 is 32.1. The number of halogens is 2. The molecule has 2 aromatic carbocycles. The van der Waals surface area contributed by atoms with Crippen molar-refractivity contribution in [3.05, 3.63) is 58.9 Å². The van der Waals surface area contributed by atoms with Crippen LogP contribution < -0.4 is 0 Å². The maximum absolute atomic E-state index is 16.1. The Hall–Kier alpha value is -3.77. The van der Waals surface area contributed by atoms with Crippen molar-refractivity contribution in [1.29, 1.82) is 5.26 Å². The third kappa shape index (κ3) is 3.32. The third-order valence-electron chi connectivity index (χ3n) is 7.18. The van der Waals surface area contributed by atoms with Crippen LogP contribution in [-0.4, -0.2) is 36.5 Å². The highest BCUT2D eigenvalue weighted by Gasteiger charge is 2.52. The Morgan fingerprint density at radius 1 is 1.34 bits per heavy atom. The molecule has 1 aliphatic rings. The molecule has 2 aromatic heterocycles. The van der Waals surface area contributed by atoms with Gasteiger partial charge in [-0.1, -0.05) is 13.8 Å². The van der Waals surface area contributed by atoms with Gasteiger partial charge >= 0.3 is 5.97 Å². The second-order valence-electron chi connectivity index (χ2n) is 10.1. The van der Waals surface area contributed by atoms with E-state index in [-0.39, 0.29) is 36.0 Å². The zero-order valence-corrected chi connectivity index (χ0v) is 19.5. The van der Waals surface area contributed by atoms with Crippen molar-refractivity contribution in [3.63, 3.8) is 0 Å². The molecule has 0 amide bonds. The first-order valence-electron chi connectivity index (χ1n) is 11.3. The van der Waals surface area contributed by atoms with Crippen LogP contribution in [0.1, 0.15) is 55.8 Å². The molecular formula is C26H24F2N4O3. The monoisotopic (exact) mass is 478 g/mol. The number of H-pyrrole nitrogens is 1. The molecule has 7 nitrogen and oxygen atoms in total. The van der Waals surface area contributed by atoms with Crippen molar-refractivity contribution in [2.75, 3.05) is 0 Å². The number of aromatic nitrogens is 3. The van der Waals surface area contributed by atoms with Gasteiger partial charge in [-0.15, -0.1) is 0 Å². The van der Waals surface area contributed by atoms with E-state index in [0.29, 0.717) is 33.4 Å². The summed E-state index contributed by atoms with van der Waals surface area (Å²) in [6.07, 6.45) is 1.45. The van der Waals surface area contributed by atoms with Crippen LogP contribution in [0, 0.1) is 29.9 Å². The number of hydrogen-bond donors (Lipinski definition) is 3. The Labute approximate surface area is 199 Å². The van der Waals surface area contributed by atoms with Gasteiger partial charge in [-0.3, -0.25) is 5.10 Å². The van der Waals surface area contributed by atoms with Gasteiger partial charge in [-0.25, -0.2) is 13.6 Å². The second-order valence-corrected chi connectivity index (χ2v) is 10.1. The number of rotatable bonds is 5. The molecule has 5 rings (SSSR count). The maximum Gasteiger partial charge on any atom is 0.335 e. The number of fused-ring (bicyclic) bond motifs is 2. The number of nitriles is 1. The first kappa shape index (κ1) is 23.0. The van der Waals surface area contributed by atoms with E-state index < -0.39 is 28.7 Å². The predicted molar refractivity (Wildman–Crippen MR) is 125 cm³/mol. The summed E-state index contributed by atoms with van der Waals surface area (Å²) in [4.78, 5) is 11.6. The predicted octanol–water partition coefficient (Wildman–Crippen LogP) is 4.98. The largest absolute Gasteiger partial charge is 0.479 e. The van der Waals surface area contributed by atoms with Crippen LogP contribution in [0.25, 0.3) is 27.5 Å². The highest BCUT2D eigenvalue weighted by Crippen LogP contribution is 2.52. The molecule has 180 valence electrons. The summed E-state index contributed by atoms with van der Waals surface area (Å²) in [5.74, 6) is -2.69. The van der Waals surface area contributed by atoms with E-state index in [0.717, 1.165) is 0 Å². The van der Waals surface area contributed by atoms with Crippen molar-refractivity contribution < 1.29 is 23.8 Å². The van der Waals surface area contributed by atoms with Crippen LogP contribution >= 0.6 is 0 Å². The minimum absolute atomic E-state index is 0.0834. The van der Waals surface area contributed by atoms with Crippen molar-refractivity contribution >= 4 is 27.8 Å². The Balaban J connectivity index is 1.92. The summed E-state index contributed by atoms with van der Waals surface area (Å²) in [6, 6.07) is 8.59. The van der Waals surface area contributed by atoms with Crippen LogP contribution in [0.15, 0.2) is 30.5 Å². The molecule has 4 aromatic rings. The molecule has 2 heterocycles. The fourth-order valence-electron chi connectivity index (χ4n) is 5.35. The number of aromatic amines is 1. The molecule has 0 aliphatic heterocycles. The van der Waals surface area contributed by atoms with Gasteiger partial charge in [0.05, 0.1) is 17.8 Å². The summed E-state index contributed by atoms with van der Waals surface area (Å²) in [7, 11) is 0. The molecule has 1 saturated carbocycles. The first-order valence-corrected chi connectivity index (χ1v) is 11.3. The molecule has 1 aliphatic carbocycles. The molecule has 1 fully saturated rings. The van der Waals surface area contributed by atoms with Gasteiger partial charge in [-0.05, 0) is 61.1 Å². The first-order chi connectivity index (χ1) is 16.5. The third-order valence-corrected chi connectivity index (χ3v) is 7.18. The van der Waals surface area contributed by atoms with Crippen LogP contribution in [0.4, 0.5) is 8.78 Å². The molecule has 0 unspecified atom stereocenters. The van der Waals surface area contributed by atoms with E-state index in [1.807, 2.05) is 18.4 Å². The highest BCUT2D eigenvalue weighted by molar-refractivity contribution is 6.00. The van der Waals surface area contributed by atoms with Crippen molar-refractivity contribution in [2.45, 2.75) is 57.0 Å². The van der Waals surface area contributed by atoms with Gasteiger partial charge < -0.3 is 14.8 Å². The van der Waals surface area contributed by atoms with Crippen LogP contribution in [-0.2, 0) is 10.2 Å². The zero-order valence-electron chi connectivity index (χ0n) is 19.5. The van der Waals surface area contributed by atoms with Gasteiger partial charge in [0, 0.05) is 34.0 Å². The summed E-state index contributed by atoms with van der Waals surface area (Å²) in [5.41, 5.74) is 0.240. The van der Waals surface area contributed by atoms with Crippen molar-refractivity contribution in [3.8, 4) is 11.8 Å². The average molecular weight is 478 g/mol. The zero-order chi connectivity index (χ0) is 25.3. The average Bonchev–Trinajstić information content (AvgIpc) is 3.37. The van der Waals surface area contributed by atoms with Gasteiger partial charge in [0.1, 0.15) is 11.3 Å². The number of hydrogen-bond acceptors (Lipinski definition) is 4. The molecule has 0 spiro atoms. The fourth-order valence-corrected chi connectivity index (χ4v) is 5.35. The molecule has 35 heavy (non-hydrogen) atoms. The molecule has 3 N–H and O–H groups in total. The smallest absolute Gasteiger partial charge is 0.335 e. The van der Waals surface area contributed by atoms with Gasteiger partial charge in [0.25, 0.3) is 0 Å². The van der Waals surface area contributed by atoms with Crippen molar-refractivity contribution in [1.82, 2.24) is 14.8 Å². The standard InChI is InChI=1S/C26H24F2N4O3/c1-13-8-16(4-5-17(13)27)32-18-9-14-12-30-31-22(14)21(28)20(18)19(23(32)25(2,3)6-7-29)15-10-26(35,11-15)24(33)34/h4-5,8-9,12,15,35H,6,10-11H2,1-3H3,(H,30,31)(H,33,34)/t15-,26+. The molecule has 0 saturated heterocycles. The number of aryl methyl sites for hydroxylation is 1. The summed E-state index contributed by atoms with van der Waals surface area (Å²) in [6.45, 7) is 5.38. The lowest BCUT2D eigenvalue weighted by Gasteiger charge is -2.42. The Morgan fingerprint density at radius 2 is 2.06 bits per heavy atom. The van der Waals surface area contributed by atoms with E-state index in [9.17, 15) is 24.7 Å². The fraction of sp³-hybridized carbons (Fsp3) is 0.346. The topological polar surface area (TPSA) is 115 Å². The molecular weight excluding hydrogens is 454 g/mol. The van der Waals surface area contributed by atoms with E-state index >= 15 is 4.39 Å². The van der Waals surface area contributed by atoms with E-state index in [4.69, 9.17) is 0 Å². The van der Waals surface area contributed by atoms with E-state index in [2.05, 4.69) is 16.3 Å². The second kappa shape index (κ2) is 7.62. The van der Waals surface area contributed by atoms with E-state index in [1.165, 1.54) is 12.3 Å². The number of nitrogens with one attached hydrogen (secondary N) is 1. The number of aliphatic hydroxyl groups is 1. The number of nitrogens with zero attached hydrogens (tertiary/aromatic N) is 3. The molecule has 0 radical (unpaired) electrons. The van der Waals surface area contributed by atoms with Crippen LogP contribution in [0.3, 0.4) is 0 Å². The Kier molecular flexibility index (Phi) is 5.00. The Morgan fingerprint density at radius 3 is 2.69 bits per heavy atom. The quantitative estimate of drug-likeness (QED) is 0.374. The lowest BCUT2D eigenvalue weighted by Crippen LogP contribution is -2.49. The number of aliphatic carboxylic acids is 1. The summed E-state index contributed by atoms with van der Waals surface area (Å²) in [5, 5.41) is 37.0. The summed E-state index contributed by atoms with van der Waals surface area (Å²) >= 11 is 0. The van der Waals surface area contributed by atoms with Gasteiger partial charge in [-0.2, -0.15) is 10.4 Å². The van der Waals surface area contributed by atoms with Crippen molar-refractivity contribution in [2.24, 2.45) is 0 Å². The maximum atomic E-state index is 16.1. The lowest BCUT2D eigenvalue weighted by molar-refractivity contribution is -0.169. The number of carboxylic acids is 1. The minimum atomic E-state index is -1.89. The van der Waals surface area contributed by atoms with Crippen LogP contribution in [0.5, 0.6) is 0 Å². The normalized spacial score (nSPS) is 20.2. The lowest BCUT2D eigenvalue weighted by atomic mass is 9.65. The molecule has 9 heteroatoms. The minimum Gasteiger partial charge on any atom is -0.479 e. The number of carboxylic acid groups (broad SMARTS) is 1. The SMILES string of the molecule is Cc1cc(-n2c(C(C)(C)CC#N)c([C@H]3C[C@](O)(C(=O)O)C3)c3c(F)c4[nH]ncc4cc32)ccc1F. The van der Waals surface area contributed by atoms with Gasteiger partial charge in [0.15, 0.2) is 11.4 Å². The molecule has 0 bridgehead atoms. The molecule has 0 atom stereocenters. The Bertz CT molecular complexity index is 1550. The van der Waals surface area contributed by atoms with Crippen LogP contribution in [0.2, 0.25) is 0 Å². The number of carbonyl (C=O) groups is 1. The van der Waals surface area contributed by atoms with E-state index in [1.54, 1.807) is 25.1 Å². The highest BCUT2D eigenvalue weighted by atomic mass is 19.1. The number of benzene rings is 2. The van der Waals surface area contributed by atoms with Gasteiger partial charge in [0.2, 0.25) is 0 Å².